The van der Waals surface area contributed by atoms with Gasteiger partial charge in [0.05, 0.1) is 6.04 Å². The van der Waals surface area contributed by atoms with Gasteiger partial charge in [0.15, 0.2) is 5.96 Å². The number of carbonyl (C=O) groups excluding carboxylic acids is 3. The van der Waals surface area contributed by atoms with Crippen molar-refractivity contribution in [2.45, 2.75) is 56.3 Å². The van der Waals surface area contributed by atoms with Crippen LogP contribution in [0.15, 0.2) is 59.6 Å². The Hall–Kier alpha value is -4.30. The molecule has 2 rings (SSSR count). The molecule has 11 N–H and O–H groups in total. The molecule has 4 atom stereocenters. The number of aromatic hydroxyl groups is 1. The van der Waals surface area contributed by atoms with Crippen LogP contribution in [0.2, 0.25) is 0 Å². The zero-order valence-electron chi connectivity index (χ0n) is 24.1. The lowest BCUT2D eigenvalue weighted by Gasteiger charge is -2.25. The number of rotatable bonds is 18. The second-order valence-electron chi connectivity index (χ2n) is 9.92. The molecule has 0 aliphatic heterocycles. The number of carbonyl (C=O) groups is 4. The number of amides is 3. The van der Waals surface area contributed by atoms with E-state index in [1.54, 1.807) is 12.1 Å². The van der Waals surface area contributed by atoms with Crippen molar-refractivity contribution < 1.29 is 29.4 Å². The summed E-state index contributed by atoms with van der Waals surface area (Å²) in [5, 5.41) is 27.1. The number of nitrogens with one attached hydrogen (secondary N) is 3. The molecule has 2 aromatic rings. The van der Waals surface area contributed by atoms with Crippen molar-refractivity contribution in [3.05, 3.63) is 65.7 Å². The van der Waals surface area contributed by atoms with E-state index in [2.05, 4.69) is 20.9 Å². The number of hydrogen-bond donors (Lipinski definition) is 8. The van der Waals surface area contributed by atoms with Gasteiger partial charge in [-0.25, -0.2) is 4.79 Å². The minimum absolute atomic E-state index is 0.0315. The Morgan fingerprint density at radius 3 is 2.00 bits per heavy atom. The first-order valence-corrected chi connectivity index (χ1v) is 15.1. The maximum Gasteiger partial charge on any atom is 0.326 e. The predicted octanol–water partition coefficient (Wildman–Crippen LogP) is -0.150. The molecule has 4 unspecified atom stereocenters. The number of carboxylic acid groups (broad SMARTS) is 1. The summed E-state index contributed by atoms with van der Waals surface area (Å²) in [5.74, 6) is -2.73. The highest BCUT2D eigenvalue weighted by atomic mass is 32.2. The van der Waals surface area contributed by atoms with Crippen LogP contribution >= 0.6 is 11.8 Å². The summed E-state index contributed by atoms with van der Waals surface area (Å²) in [4.78, 5) is 55.5. The fourth-order valence-electron chi connectivity index (χ4n) is 4.13. The number of thioether (sulfide) groups is 1. The van der Waals surface area contributed by atoms with E-state index in [0.29, 0.717) is 17.7 Å². The van der Waals surface area contributed by atoms with Crippen LogP contribution in [0.3, 0.4) is 0 Å². The highest BCUT2D eigenvalue weighted by molar-refractivity contribution is 7.98. The lowest BCUT2D eigenvalue weighted by Crippen LogP contribution is -2.57. The van der Waals surface area contributed by atoms with E-state index in [1.165, 1.54) is 23.9 Å². The molecule has 0 saturated carbocycles. The third-order valence-corrected chi connectivity index (χ3v) is 7.09. The number of aliphatic carboxylic acids is 1. The zero-order chi connectivity index (χ0) is 31.8. The van der Waals surface area contributed by atoms with Crippen molar-refractivity contribution in [3.8, 4) is 5.75 Å². The summed E-state index contributed by atoms with van der Waals surface area (Å²) < 4.78 is 0. The van der Waals surface area contributed by atoms with E-state index in [9.17, 15) is 29.4 Å². The summed E-state index contributed by atoms with van der Waals surface area (Å²) in [6, 6.07) is 10.9. The van der Waals surface area contributed by atoms with Crippen molar-refractivity contribution >= 4 is 41.4 Å². The quantitative estimate of drug-likeness (QED) is 0.0627. The highest BCUT2D eigenvalue weighted by Crippen LogP contribution is 2.13. The van der Waals surface area contributed by atoms with Crippen LogP contribution in [-0.4, -0.2) is 82.6 Å². The number of hydrogen-bond acceptors (Lipinski definition) is 8. The first-order chi connectivity index (χ1) is 20.5. The largest absolute Gasteiger partial charge is 0.508 e. The number of aliphatic imine (C=N–C) groups is 1. The van der Waals surface area contributed by atoms with Crippen molar-refractivity contribution in [3.63, 3.8) is 0 Å². The lowest BCUT2D eigenvalue weighted by molar-refractivity contribution is -0.142. The van der Waals surface area contributed by atoms with Gasteiger partial charge >= 0.3 is 5.97 Å². The number of phenols is 1. The van der Waals surface area contributed by atoms with E-state index >= 15 is 0 Å². The Labute approximate surface area is 255 Å². The van der Waals surface area contributed by atoms with E-state index in [0.717, 1.165) is 5.56 Å². The molecule has 0 radical (unpaired) electrons. The number of benzene rings is 2. The maximum atomic E-state index is 13.6. The van der Waals surface area contributed by atoms with Gasteiger partial charge < -0.3 is 43.4 Å². The molecule has 2 aromatic carbocycles. The van der Waals surface area contributed by atoms with Crippen molar-refractivity contribution in [2.24, 2.45) is 22.2 Å². The van der Waals surface area contributed by atoms with Gasteiger partial charge in [0.25, 0.3) is 0 Å². The number of carboxylic acids is 1. The fraction of sp³-hybridized carbons (Fsp3) is 0.414. The van der Waals surface area contributed by atoms with Gasteiger partial charge in [0.1, 0.15) is 23.9 Å². The summed E-state index contributed by atoms with van der Waals surface area (Å²) in [6.07, 6.45) is 2.68. The normalized spacial score (nSPS) is 13.5. The number of nitrogens with two attached hydrogens (primary N) is 3. The molecule has 0 aliphatic rings. The third-order valence-electron chi connectivity index (χ3n) is 6.45. The molecule has 234 valence electrons. The van der Waals surface area contributed by atoms with Gasteiger partial charge in [-0.15, -0.1) is 0 Å². The van der Waals surface area contributed by atoms with Crippen LogP contribution in [0.1, 0.15) is 30.4 Å². The van der Waals surface area contributed by atoms with Gasteiger partial charge in [0, 0.05) is 13.0 Å². The van der Waals surface area contributed by atoms with Gasteiger partial charge in [-0.3, -0.25) is 19.4 Å². The Balaban J connectivity index is 2.25. The first kappa shape index (κ1) is 34.9. The molecule has 14 heteroatoms. The van der Waals surface area contributed by atoms with Crippen LogP contribution < -0.4 is 33.2 Å². The molecular weight excluding hydrogens is 574 g/mol. The van der Waals surface area contributed by atoms with E-state index in [1.807, 2.05) is 36.6 Å². The zero-order valence-corrected chi connectivity index (χ0v) is 24.9. The van der Waals surface area contributed by atoms with E-state index < -0.39 is 47.9 Å². The van der Waals surface area contributed by atoms with Crippen molar-refractivity contribution in [1.29, 1.82) is 0 Å². The number of phenolic OH excluding ortho intramolecular Hbond substituents is 1. The number of guanidine groups is 1. The molecule has 0 spiro atoms. The minimum Gasteiger partial charge on any atom is -0.508 e. The molecule has 43 heavy (non-hydrogen) atoms. The third kappa shape index (κ3) is 13.0. The Morgan fingerprint density at radius 1 is 0.814 bits per heavy atom. The van der Waals surface area contributed by atoms with Crippen molar-refractivity contribution in [1.82, 2.24) is 16.0 Å². The topological polar surface area (TPSA) is 235 Å². The summed E-state index contributed by atoms with van der Waals surface area (Å²) in [5.41, 5.74) is 18.4. The monoisotopic (exact) mass is 615 g/mol. The summed E-state index contributed by atoms with van der Waals surface area (Å²) in [7, 11) is 0. The Bertz CT molecular complexity index is 1230. The standard InChI is InChI=1S/C29H41N7O6S/c1-43-15-13-23(28(41)42)35-26(39)22(8-5-14-33-29(31)32)34-27(40)24(17-19-9-11-20(37)12-10-19)36-25(38)21(30)16-18-6-3-2-4-7-18/h2-4,6-7,9-12,21-24,37H,5,8,13-17,30H2,1H3,(H,34,40)(H,35,39)(H,36,38)(H,41,42)(H4,31,32,33). The van der Waals surface area contributed by atoms with Crippen LogP contribution in [0, 0.1) is 0 Å². The molecule has 0 aliphatic carbocycles. The second kappa shape index (κ2) is 18.3. The molecular formula is C29H41N7O6S. The van der Waals surface area contributed by atoms with Gasteiger partial charge in [0.2, 0.25) is 17.7 Å². The van der Waals surface area contributed by atoms with E-state index in [-0.39, 0.29) is 43.9 Å². The van der Waals surface area contributed by atoms with E-state index in [4.69, 9.17) is 17.2 Å². The van der Waals surface area contributed by atoms with Crippen LogP contribution in [-0.2, 0) is 32.0 Å². The minimum atomic E-state index is -1.20. The molecule has 0 aromatic heterocycles. The maximum absolute atomic E-state index is 13.6. The van der Waals surface area contributed by atoms with Crippen molar-refractivity contribution in [2.75, 3.05) is 18.6 Å². The van der Waals surface area contributed by atoms with Gasteiger partial charge in [-0.05, 0) is 61.0 Å². The average molecular weight is 616 g/mol. The SMILES string of the molecule is CSCCC(NC(=O)C(CCCN=C(N)N)NC(=O)C(Cc1ccc(O)cc1)NC(=O)C(N)Cc1ccccc1)C(=O)O. The Morgan fingerprint density at radius 2 is 1.40 bits per heavy atom. The first-order valence-electron chi connectivity index (χ1n) is 13.8. The van der Waals surface area contributed by atoms with Crippen LogP contribution in [0.4, 0.5) is 0 Å². The van der Waals surface area contributed by atoms with Gasteiger partial charge in [-0.1, -0.05) is 42.5 Å². The van der Waals surface area contributed by atoms with Crippen LogP contribution in [0.25, 0.3) is 0 Å². The highest BCUT2D eigenvalue weighted by Gasteiger charge is 2.30. The fourth-order valence-corrected chi connectivity index (χ4v) is 4.60. The molecule has 0 bridgehead atoms. The molecule has 13 nitrogen and oxygen atoms in total. The molecule has 3 amide bonds. The number of nitrogens with zero attached hydrogens (tertiary/aromatic N) is 1. The second-order valence-corrected chi connectivity index (χ2v) is 10.9. The molecule has 0 saturated heterocycles. The summed E-state index contributed by atoms with van der Waals surface area (Å²) >= 11 is 1.44. The average Bonchev–Trinajstić information content (AvgIpc) is 2.97. The van der Waals surface area contributed by atoms with Gasteiger partial charge in [-0.2, -0.15) is 11.8 Å². The smallest absolute Gasteiger partial charge is 0.326 e. The van der Waals surface area contributed by atoms with Crippen LogP contribution in [0.5, 0.6) is 5.75 Å². The molecule has 0 heterocycles. The lowest BCUT2D eigenvalue weighted by atomic mass is 10.0. The Kier molecular flexibility index (Phi) is 14.8. The molecule has 0 fully saturated rings. The predicted molar refractivity (Wildman–Crippen MR) is 166 cm³/mol. The summed E-state index contributed by atoms with van der Waals surface area (Å²) in [6.45, 7) is 0.179.